The molecule has 0 atom stereocenters. The van der Waals surface area contributed by atoms with Crippen LogP contribution in [-0.4, -0.2) is 80.7 Å². The zero-order valence-corrected chi connectivity index (χ0v) is 20.7. The highest BCUT2D eigenvalue weighted by Crippen LogP contribution is 2.23. The lowest BCUT2D eigenvalue weighted by Crippen LogP contribution is -2.50. The number of carbonyl (C=O) groups excluding carboxylic acids is 2. The second kappa shape index (κ2) is 10.5. The number of hydrogen-bond acceptors (Lipinski definition) is 5. The lowest BCUT2D eigenvalue weighted by molar-refractivity contribution is 0.0535. The average molecular weight is 492 g/mol. The maximum atomic E-state index is 14.4. The second-order valence-electron chi connectivity index (χ2n) is 8.00. The number of nitrogens with zero attached hydrogens (tertiary/aromatic N) is 3. The molecule has 1 heterocycles. The van der Waals surface area contributed by atoms with E-state index in [2.05, 4.69) is 0 Å². The summed E-state index contributed by atoms with van der Waals surface area (Å²) in [6.07, 6.45) is 0. The van der Waals surface area contributed by atoms with Crippen LogP contribution in [0.2, 0.25) is 0 Å². The van der Waals surface area contributed by atoms with E-state index in [1.165, 1.54) is 6.07 Å². The van der Waals surface area contributed by atoms with E-state index in [0.717, 1.165) is 22.0 Å². The topological polar surface area (TPSA) is 87.2 Å². The predicted octanol–water partition coefficient (Wildman–Crippen LogP) is 2.77. The molecule has 1 fully saturated rings. The molecule has 0 radical (unpaired) electrons. The molecule has 0 aromatic heterocycles. The van der Waals surface area contributed by atoms with Crippen molar-refractivity contribution in [3.8, 4) is 5.75 Å². The first-order chi connectivity index (χ1) is 16.1. The number of rotatable bonds is 7. The Morgan fingerprint density at radius 3 is 1.94 bits per heavy atom. The molecular weight excluding hydrogens is 461 g/mol. The number of methoxy groups -OCH3 is 1. The molecule has 0 bridgehead atoms. The molecule has 2 amide bonds. The molecule has 0 saturated carbocycles. The van der Waals surface area contributed by atoms with Gasteiger partial charge in [0.05, 0.1) is 7.11 Å². The number of benzene rings is 2. The summed E-state index contributed by atoms with van der Waals surface area (Å²) in [4.78, 5) is 28.6. The van der Waals surface area contributed by atoms with Crippen LogP contribution in [0.4, 0.5) is 4.39 Å². The van der Waals surface area contributed by atoms with Crippen molar-refractivity contribution >= 4 is 21.8 Å². The van der Waals surface area contributed by atoms with Gasteiger partial charge in [-0.25, -0.2) is 12.8 Å². The predicted molar refractivity (Wildman–Crippen MR) is 126 cm³/mol. The van der Waals surface area contributed by atoms with Gasteiger partial charge >= 0.3 is 0 Å². The van der Waals surface area contributed by atoms with Crippen molar-refractivity contribution < 1.29 is 27.1 Å². The molecule has 0 unspecified atom stereocenters. The highest BCUT2D eigenvalue weighted by molar-refractivity contribution is 7.89. The quantitative estimate of drug-likeness (QED) is 0.595. The fourth-order valence-corrected chi connectivity index (χ4v) is 5.52. The van der Waals surface area contributed by atoms with E-state index in [9.17, 15) is 22.4 Å². The van der Waals surface area contributed by atoms with Gasteiger partial charge in [0.1, 0.15) is 16.5 Å². The highest BCUT2D eigenvalue weighted by atomic mass is 32.2. The van der Waals surface area contributed by atoms with Crippen LogP contribution in [0.25, 0.3) is 0 Å². The van der Waals surface area contributed by atoms with E-state index >= 15 is 0 Å². The van der Waals surface area contributed by atoms with E-state index in [4.69, 9.17) is 4.74 Å². The molecule has 1 saturated heterocycles. The molecule has 1 aliphatic rings. The zero-order chi connectivity index (χ0) is 25.0. The van der Waals surface area contributed by atoms with Crippen molar-refractivity contribution in [2.24, 2.45) is 0 Å². The zero-order valence-electron chi connectivity index (χ0n) is 19.9. The first-order valence-corrected chi connectivity index (χ1v) is 12.6. The summed E-state index contributed by atoms with van der Waals surface area (Å²) >= 11 is 0. The van der Waals surface area contributed by atoms with Crippen LogP contribution in [0.15, 0.2) is 41.3 Å². The van der Waals surface area contributed by atoms with Gasteiger partial charge < -0.3 is 14.5 Å². The minimum Gasteiger partial charge on any atom is -0.496 e. The number of amides is 2. The summed E-state index contributed by atoms with van der Waals surface area (Å²) in [7, 11) is -2.50. The van der Waals surface area contributed by atoms with Gasteiger partial charge in [0, 0.05) is 50.4 Å². The molecule has 2 aromatic carbocycles. The molecule has 0 N–H and O–H groups in total. The summed E-state index contributed by atoms with van der Waals surface area (Å²) < 4.78 is 46.4. The number of piperazine rings is 1. The maximum Gasteiger partial charge on any atom is 0.254 e. The molecule has 10 heteroatoms. The summed E-state index contributed by atoms with van der Waals surface area (Å²) in [6.45, 7) is 6.83. The van der Waals surface area contributed by atoms with Crippen LogP contribution in [0.3, 0.4) is 0 Å². The van der Waals surface area contributed by atoms with Crippen molar-refractivity contribution in [2.45, 2.75) is 25.7 Å². The average Bonchev–Trinajstić information content (AvgIpc) is 2.84. The molecule has 0 spiro atoms. The number of sulfonamides is 1. The van der Waals surface area contributed by atoms with Crippen LogP contribution in [0.1, 0.15) is 40.1 Å². The van der Waals surface area contributed by atoms with Crippen LogP contribution in [-0.2, 0) is 10.0 Å². The Morgan fingerprint density at radius 2 is 1.44 bits per heavy atom. The monoisotopic (exact) mass is 491 g/mol. The summed E-state index contributed by atoms with van der Waals surface area (Å²) in [6, 6.07) is 8.66. The smallest absolute Gasteiger partial charge is 0.254 e. The van der Waals surface area contributed by atoms with Crippen LogP contribution >= 0.6 is 0 Å². The van der Waals surface area contributed by atoms with Gasteiger partial charge in [-0.15, -0.1) is 0 Å². The molecule has 184 valence electrons. The second-order valence-corrected chi connectivity index (χ2v) is 9.91. The van der Waals surface area contributed by atoms with Crippen molar-refractivity contribution in [3.63, 3.8) is 0 Å². The molecule has 0 aliphatic carbocycles. The van der Waals surface area contributed by atoms with Gasteiger partial charge in [-0.3, -0.25) is 9.59 Å². The van der Waals surface area contributed by atoms with Crippen molar-refractivity contribution in [1.29, 1.82) is 0 Å². The Bertz CT molecular complexity index is 1170. The summed E-state index contributed by atoms with van der Waals surface area (Å²) in [5.74, 6) is -0.821. The van der Waals surface area contributed by atoms with Gasteiger partial charge in [-0.05, 0) is 42.8 Å². The van der Waals surface area contributed by atoms with Gasteiger partial charge in [-0.2, -0.15) is 4.31 Å². The number of aryl methyl sites for hydroxylation is 1. The van der Waals surface area contributed by atoms with Gasteiger partial charge in [-0.1, -0.05) is 19.9 Å². The largest absolute Gasteiger partial charge is 0.496 e. The van der Waals surface area contributed by atoms with Crippen LogP contribution in [0.5, 0.6) is 5.75 Å². The number of halogens is 1. The van der Waals surface area contributed by atoms with Crippen molar-refractivity contribution in [3.05, 3.63) is 58.9 Å². The number of hydrogen-bond donors (Lipinski definition) is 0. The van der Waals surface area contributed by atoms with Crippen LogP contribution < -0.4 is 4.74 Å². The third kappa shape index (κ3) is 5.07. The van der Waals surface area contributed by atoms with Crippen molar-refractivity contribution in [2.75, 3.05) is 46.4 Å². The van der Waals surface area contributed by atoms with Crippen molar-refractivity contribution in [1.82, 2.24) is 14.1 Å². The third-order valence-corrected chi connectivity index (χ3v) is 8.08. The van der Waals surface area contributed by atoms with Crippen LogP contribution in [0, 0.1) is 12.7 Å². The minimum absolute atomic E-state index is 0.0928. The molecule has 1 aliphatic heterocycles. The Kier molecular flexibility index (Phi) is 7.93. The SMILES string of the molecule is CCN(CC)S(=O)(=O)c1cc(C(=O)N2CCN(C(=O)c3ccc(C)c(OC)c3)CC2)ccc1F. The molecule has 3 rings (SSSR count). The first kappa shape index (κ1) is 25.6. The summed E-state index contributed by atoms with van der Waals surface area (Å²) in [5.41, 5.74) is 1.53. The fraction of sp³-hybridized carbons (Fsp3) is 0.417. The van der Waals surface area contributed by atoms with Gasteiger partial charge in [0.15, 0.2) is 0 Å². The molecule has 2 aromatic rings. The number of ether oxygens (including phenoxy) is 1. The maximum absolute atomic E-state index is 14.4. The highest BCUT2D eigenvalue weighted by Gasteiger charge is 2.29. The Labute approximate surface area is 200 Å². The lowest BCUT2D eigenvalue weighted by atomic mass is 10.1. The molecular formula is C24H30FN3O5S. The first-order valence-electron chi connectivity index (χ1n) is 11.2. The Balaban J connectivity index is 1.73. The van der Waals surface area contributed by atoms with E-state index < -0.39 is 26.6 Å². The third-order valence-electron chi connectivity index (χ3n) is 6.01. The lowest BCUT2D eigenvalue weighted by Gasteiger charge is -2.35. The Hall–Kier alpha value is -2.98. The van der Waals surface area contributed by atoms with E-state index in [1.54, 1.807) is 42.9 Å². The Morgan fingerprint density at radius 1 is 0.941 bits per heavy atom. The molecule has 8 nitrogen and oxygen atoms in total. The van der Waals surface area contributed by atoms with Gasteiger partial charge in [0.2, 0.25) is 10.0 Å². The number of carbonyl (C=O) groups is 2. The fourth-order valence-electron chi connectivity index (χ4n) is 3.97. The van der Waals surface area contributed by atoms with E-state index in [0.29, 0.717) is 24.4 Å². The van der Waals surface area contributed by atoms with Gasteiger partial charge in [0.25, 0.3) is 11.8 Å². The summed E-state index contributed by atoms with van der Waals surface area (Å²) in [5, 5.41) is 0. The minimum atomic E-state index is -4.05. The molecule has 34 heavy (non-hydrogen) atoms. The normalized spacial score (nSPS) is 14.4. The van der Waals surface area contributed by atoms with E-state index in [-0.39, 0.29) is 37.6 Å². The van der Waals surface area contributed by atoms with E-state index in [1.807, 2.05) is 13.0 Å². The standard InChI is InChI=1S/C24H30FN3O5S/c1-5-28(6-2)34(31,32)22-16-19(9-10-20(22)25)24(30)27-13-11-26(12-14-27)23(29)18-8-7-17(3)21(15-18)33-4/h7-10,15-16H,5-6,11-14H2,1-4H3.